The number of thiophene rings is 2. The average molecular weight is 539 g/mol. The molecule has 0 unspecified atom stereocenters. The lowest BCUT2D eigenvalue weighted by atomic mass is 10.3. The van der Waals surface area contributed by atoms with Gasteiger partial charge in [0.15, 0.2) is 0 Å². The summed E-state index contributed by atoms with van der Waals surface area (Å²) in [4.78, 5) is 5.34. The molecule has 0 saturated carbocycles. The Morgan fingerprint density at radius 1 is 0.700 bits per heavy atom. The first-order chi connectivity index (χ1) is 14.8. The first kappa shape index (κ1) is 22.9. The topological polar surface area (TPSA) is 47.6 Å². The van der Waals surface area contributed by atoms with Crippen LogP contribution in [0.3, 0.4) is 0 Å². The summed E-state index contributed by atoms with van der Waals surface area (Å²) in [6, 6.07) is 13.1. The van der Waals surface area contributed by atoms with Crippen molar-refractivity contribution in [2.45, 2.75) is 12.8 Å². The summed E-state index contributed by atoms with van der Waals surface area (Å²) in [5.41, 5.74) is 0. The largest absolute Gasteiger partial charge is 0.198 e. The summed E-state index contributed by atoms with van der Waals surface area (Å²) in [6.07, 6.45) is 1.11. The van der Waals surface area contributed by atoms with Gasteiger partial charge in [-0.1, -0.05) is 59.2 Å². The third-order valence-electron chi connectivity index (χ3n) is 3.68. The van der Waals surface area contributed by atoms with E-state index in [1.165, 1.54) is 36.5 Å². The van der Waals surface area contributed by atoms with Gasteiger partial charge in [0.1, 0.15) is 0 Å². The molecular weight excluding hydrogens is 525 g/mol. The Morgan fingerprint density at radius 2 is 1.17 bits per heavy atom. The second-order valence-corrected chi connectivity index (χ2v) is 14.9. The molecule has 10 heteroatoms. The first-order valence-electron chi connectivity index (χ1n) is 8.81. The highest BCUT2D eigenvalue weighted by molar-refractivity contribution is 8.43. The summed E-state index contributed by atoms with van der Waals surface area (Å²) in [5.74, 6) is 1.62. The van der Waals surface area contributed by atoms with E-state index in [2.05, 4.69) is 47.2 Å². The fourth-order valence-electron chi connectivity index (χ4n) is 2.43. The molecule has 0 bridgehead atoms. The number of thioether (sulfide) groups is 6. The maximum atomic E-state index is 8.89. The molecule has 0 atom stereocenters. The normalized spacial score (nSPS) is 16.5. The molecule has 0 aliphatic carbocycles. The Kier molecular flexibility index (Phi) is 8.79. The zero-order valence-electron chi connectivity index (χ0n) is 15.5. The van der Waals surface area contributed by atoms with Gasteiger partial charge in [0.25, 0.3) is 0 Å². The third kappa shape index (κ3) is 5.54. The van der Waals surface area contributed by atoms with Crippen LogP contribution in [-0.2, 0) is 0 Å². The second-order valence-electron chi connectivity index (χ2n) is 5.68. The molecule has 2 aromatic rings. The van der Waals surface area contributed by atoms with E-state index in [4.69, 9.17) is 10.5 Å². The molecule has 152 valence electrons. The van der Waals surface area contributed by atoms with Crippen LogP contribution in [-0.4, -0.2) is 11.5 Å². The predicted octanol–water partition coefficient (Wildman–Crippen LogP) is 9.14. The van der Waals surface area contributed by atoms with Crippen LogP contribution in [0.4, 0.5) is 0 Å². The number of nitriles is 2. The summed E-state index contributed by atoms with van der Waals surface area (Å²) in [7, 11) is 0. The summed E-state index contributed by atoms with van der Waals surface area (Å²) < 4.78 is 5.23. The molecule has 0 spiro atoms. The molecule has 0 radical (unpaired) electrons. The highest BCUT2D eigenvalue weighted by Gasteiger charge is 2.32. The van der Waals surface area contributed by atoms with E-state index in [0.717, 1.165) is 11.5 Å². The lowest BCUT2D eigenvalue weighted by Crippen LogP contribution is -1.79. The average Bonchev–Trinajstić information content (AvgIpc) is 3.54. The maximum absolute atomic E-state index is 8.89. The van der Waals surface area contributed by atoms with Crippen molar-refractivity contribution in [2.24, 2.45) is 0 Å². The monoisotopic (exact) mass is 538 g/mol. The van der Waals surface area contributed by atoms with Crippen LogP contribution in [0, 0.1) is 22.7 Å². The third-order valence-corrected chi connectivity index (χ3v) is 14.4. The van der Waals surface area contributed by atoms with Crippen LogP contribution in [0.5, 0.6) is 0 Å². The zero-order chi connectivity index (χ0) is 20.8. The van der Waals surface area contributed by atoms with E-state index in [9.17, 15) is 0 Å². The van der Waals surface area contributed by atoms with Crippen molar-refractivity contribution < 1.29 is 0 Å². The van der Waals surface area contributed by atoms with Gasteiger partial charge in [-0.3, -0.25) is 0 Å². The van der Waals surface area contributed by atoms with Crippen LogP contribution < -0.4 is 0 Å². The molecule has 4 heterocycles. The zero-order valence-corrected chi connectivity index (χ0v) is 22.0. The smallest absolute Gasteiger partial charge is 0.0717 e. The Balaban J connectivity index is 1.57. The van der Waals surface area contributed by atoms with Crippen molar-refractivity contribution in [2.75, 3.05) is 11.5 Å². The highest BCUT2D eigenvalue weighted by Crippen LogP contribution is 2.66. The fourth-order valence-corrected chi connectivity index (χ4v) is 13.0. The molecule has 0 fully saturated rings. The van der Waals surface area contributed by atoms with Crippen molar-refractivity contribution >= 4 is 103 Å². The van der Waals surface area contributed by atoms with Gasteiger partial charge in [-0.25, -0.2) is 0 Å². The first-order valence-corrected chi connectivity index (χ1v) is 15.8. The van der Waals surface area contributed by atoms with E-state index in [0.29, 0.717) is 12.8 Å². The lowest BCUT2D eigenvalue weighted by Gasteiger charge is -2.02. The van der Waals surface area contributed by atoms with Crippen LogP contribution in [0.1, 0.15) is 22.6 Å². The van der Waals surface area contributed by atoms with E-state index >= 15 is 0 Å². The van der Waals surface area contributed by atoms with Crippen molar-refractivity contribution in [3.63, 3.8) is 0 Å². The maximum Gasteiger partial charge on any atom is 0.0717 e. The second kappa shape index (κ2) is 11.5. The van der Waals surface area contributed by atoms with Gasteiger partial charge >= 0.3 is 0 Å². The van der Waals surface area contributed by atoms with Crippen molar-refractivity contribution in [1.29, 1.82) is 10.5 Å². The minimum absolute atomic E-state index is 0.553. The molecule has 2 aromatic heterocycles. The minimum Gasteiger partial charge on any atom is -0.198 e. The number of rotatable bonds is 8. The molecule has 2 aliphatic heterocycles. The molecule has 2 nitrogen and oxygen atoms in total. The van der Waals surface area contributed by atoms with Gasteiger partial charge in [-0.2, -0.15) is 10.5 Å². The number of nitrogens with zero attached hydrogens (tertiary/aromatic N) is 2. The summed E-state index contributed by atoms with van der Waals surface area (Å²) in [5, 5.41) is 22.1. The van der Waals surface area contributed by atoms with E-state index in [1.54, 1.807) is 46.2 Å². The molecule has 0 amide bonds. The van der Waals surface area contributed by atoms with Crippen LogP contribution in [0.25, 0.3) is 9.81 Å². The van der Waals surface area contributed by atoms with Gasteiger partial charge < -0.3 is 0 Å². The Bertz CT molecular complexity index is 983. The Morgan fingerprint density at radius 3 is 1.57 bits per heavy atom. The Labute approximate surface area is 210 Å². The number of hydrogen-bond donors (Lipinski definition) is 0. The van der Waals surface area contributed by atoms with Crippen molar-refractivity contribution in [3.05, 3.63) is 61.7 Å². The minimum atomic E-state index is 0.553. The van der Waals surface area contributed by atoms with Gasteiger partial charge in [0.2, 0.25) is 0 Å². The van der Waals surface area contributed by atoms with Crippen LogP contribution >= 0.6 is 93.2 Å². The van der Waals surface area contributed by atoms with E-state index < -0.39 is 0 Å². The lowest BCUT2D eigenvalue weighted by molar-refractivity contribution is 1.24. The molecular formula is C20H14N2S8. The summed E-state index contributed by atoms with van der Waals surface area (Å²) in [6.45, 7) is 0. The molecule has 0 saturated heterocycles. The molecule has 0 N–H and O–H groups in total. The number of hydrogen-bond acceptors (Lipinski definition) is 10. The quantitative estimate of drug-likeness (QED) is 0.308. The predicted molar refractivity (Wildman–Crippen MR) is 145 cm³/mol. The fraction of sp³-hybridized carbons (Fsp3) is 0.200. The molecule has 2 aliphatic rings. The van der Waals surface area contributed by atoms with Gasteiger partial charge in [-0.05, 0) is 22.9 Å². The molecule has 4 rings (SSSR count). The van der Waals surface area contributed by atoms with Crippen molar-refractivity contribution in [1.82, 2.24) is 0 Å². The van der Waals surface area contributed by atoms with Gasteiger partial charge in [-0.15, -0.1) is 46.2 Å². The van der Waals surface area contributed by atoms with Crippen LogP contribution in [0.2, 0.25) is 0 Å². The SMILES string of the molecule is N#CCCSC1=C(SCCC#N)SC(=C2SC(c3cccs3)=C(c3cccs3)S2)S1. The van der Waals surface area contributed by atoms with Gasteiger partial charge in [0.05, 0.1) is 29.1 Å². The van der Waals surface area contributed by atoms with Gasteiger partial charge in [0, 0.05) is 43.9 Å². The highest BCUT2D eigenvalue weighted by atomic mass is 32.3. The summed E-state index contributed by atoms with van der Waals surface area (Å²) >= 11 is 14.5. The molecule has 0 aromatic carbocycles. The Hall–Kier alpha value is -0.300. The van der Waals surface area contributed by atoms with E-state index in [-0.39, 0.29) is 0 Å². The molecule has 30 heavy (non-hydrogen) atoms. The standard InChI is InChI=1S/C20H14N2S8/c21-7-3-11-25-17-18(26-12-4-8-22)30-20(29-17)19-27-15(13-5-1-9-23-13)16(28-19)14-6-2-10-24-14/h1-2,5-6,9-10H,3-4,11-12H2. The van der Waals surface area contributed by atoms with Crippen LogP contribution in [0.15, 0.2) is 52.0 Å². The van der Waals surface area contributed by atoms with Crippen molar-refractivity contribution in [3.8, 4) is 12.1 Å². The van der Waals surface area contributed by atoms with E-state index in [1.807, 2.05) is 47.0 Å².